The third-order valence-electron chi connectivity index (χ3n) is 3.83. The molecule has 0 spiro atoms. The monoisotopic (exact) mass is 358 g/mol. The van der Waals surface area contributed by atoms with E-state index in [1.807, 2.05) is 26.1 Å². The number of aromatic nitrogens is 2. The Hall–Kier alpha value is -0.480. The van der Waals surface area contributed by atoms with Crippen LogP contribution < -0.4 is 0 Å². The van der Waals surface area contributed by atoms with Gasteiger partial charge in [-0.2, -0.15) is 10.2 Å². The fraction of sp³-hybridized carbons (Fsp3) is 0.562. The Kier molecular flexibility index (Phi) is 6.14. The number of rotatable bonds is 3. The minimum Gasteiger partial charge on any atom is -0.294 e. The second-order valence-electron chi connectivity index (χ2n) is 5.27. The minimum absolute atomic E-state index is 0.633. The summed E-state index contributed by atoms with van der Waals surface area (Å²) in [5.41, 5.74) is 1.10. The summed E-state index contributed by atoms with van der Waals surface area (Å²) < 4.78 is 3.54. The normalized spacial score (nSPS) is 12.7. The molecule has 0 aliphatic heterocycles. The molecule has 0 aromatic carbocycles. The van der Waals surface area contributed by atoms with E-state index in [2.05, 4.69) is 71.1 Å². The molecule has 0 aliphatic rings. The maximum atomic E-state index is 4.59. The van der Waals surface area contributed by atoms with Gasteiger partial charge in [0.2, 0.25) is 0 Å². The van der Waals surface area contributed by atoms with Crippen molar-refractivity contribution in [3.63, 3.8) is 0 Å². The van der Waals surface area contributed by atoms with E-state index in [1.54, 1.807) is 0 Å². The molecule has 0 N–H and O–H groups in total. The zero-order chi connectivity index (χ0) is 15.5. The van der Waals surface area contributed by atoms with E-state index < -0.39 is 10.2 Å². The van der Waals surface area contributed by atoms with Crippen LogP contribution in [-0.4, -0.2) is 25.7 Å². The Morgan fingerprint density at radius 1 is 1.10 bits per heavy atom. The van der Waals surface area contributed by atoms with Gasteiger partial charge in [-0.15, -0.1) is 0 Å². The molecule has 2 aromatic heterocycles. The van der Waals surface area contributed by atoms with Gasteiger partial charge in [0, 0.05) is 22.3 Å². The average molecular weight is 359 g/mol. The van der Waals surface area contributed by atoms with Crippen LogP contribution in [0.1, 0.15) is 41.5 Å². The van der Waals surface area contributed by atoms with E-state index in [-0.39, 0.29) is 0 Å². The molecule has 0 fully saturated rings. The van der Waals surface area contributed by atoms with Gasteiger partial charge in [-0.1, -0.05) is 41.5 Å². The molecule has 0 bridgehead atoms. The van der Waals surface area contributed by atoms with E-state index in [4.69, 9.17) is 0 Å². The highest BCUT2D eigenvalue weighted by Crippen LogP contribution is 2.55. The fourth-order valence-electron chi connectivity index (χ4n) is 2.30. The summed E-state index contributed by atoms with van der Waals surface area (Å²) >= 11 is 3.61. The van der Waals surface area contributed by atoms with Gasteiger partial charge in [0.05, 0.1) is 0 Å². The molecule has 0 radical (unpaired) electrons. The molecule has 0 atom stereocenters. The van der Waals surface area contributed by atoms with Gasteiger partial charge in [-0.05, 0) is 44.8 Å². The highest BCUT2D eigenvalue weighted by molar-refractivity contribution is 9.10. The van der Waals surface area contributed by atoms with Gasteiger partial charge < -0.3 is 0 Å². The molecular formula is C16H27BrN2S. The standard InChI is InChI=1S/C14H21BrN2S.C2H6/c1-10(2)18(5,11(3)4)17-9-7-12-13(15)6-8-16-14(12)17;1-2/h6-11H,1-5H3;1-2H3. The third kappa shape index (κ3) is 2.91. The summed E-state index contributed by atoms with van der Waals surface area (Å²) in [4.78, 5) is 4.59. The van der Waals surface area contributed by atoms with Crippen molar-refractivity contribution < 1.29 is 0 Å². The van der Waals surface area contributed by atoms with Crippen molar-refractivity contribution in [2.75, 3.05) is 6.26 Å². The quantitative estimate of drug-likeness (QED) is 0.673. The van der Waals surface area contributed by atoms with Crippen molar-refractivity contribution >= 4 is 37.2 Å². The topological polar surface area (TPSA) is 17.8 Å². The first kappa shape index (κ1) is 17.6. The van der Waals surface area contributed by atoms with Crippen molar-refractivity contribution in [2.24, 2.45) is 0 Å². The first-order valence-corrected chi connectivity index (χ1v) is 10.2. The predicted octanol–water partition coefficient (Wildman–Crippen LogP) is 5.84. The lowest BCUT2D eigenvalue weighted by Gasteiger charge is -2.45. The number of nitrogens with zero attached hydrogens (tertiary/aromatic N) is 2. The van der Waals surface area contributed by atoms with Gasteiger partial charge in [0.15, 0.2) is 0 Å². The van der Waals surface area contributed by atoms with Crippen molar-refractivity contribution in [2.45, 2.75) is 52.0 Å². The molecule has 2 aromatic rings. The highest BCUT2D eigenvalue weighted by atomic mass is 79.9. The third-order valence-corrected chi connectivity index (χ3v) is 9.49. The lowest BCUT2D eigenvalue weighted by Crippen LogP contribution is -2.26. The van der Waals surface area contributed by atoms with Gasteiger partial charge in [0.25, 0.3) is 0 Å². The first-order chi connectivity index (χ1) is 9.39. The highest BCUT2D eigenvalue weighted by Gasteiger charge is 2.29. The first-order valence-electron chi connectivity index (χ1n) is 7.27. The van der Waals surface area contributed by atoms with Crippen molar-refractivity contribution in [3.05, 3.63) is 29.0 Å². The Labute approximate surface area is 133 Å². The molecule has 0 amide bonds. The van der Waals surface area contributed by atoms with Gasteiger partial charge in [0.1, 0.15) is 5.65 Å². The second kappa shape index (κ2) is 6.99. The molecule has 20 heavy (non-hydrogen) atoms. The SMILES string of the molecule is CC.CC(C)S(C)(C(C)C)n1ccc2c(Br)ccnc21. The average Bonchev–Trinajstić information content (AvgIpc) is 2.85. The van der Waals surface area contributed by atoms with Crippen LogP contribution in [0.5, 0.6) is 0 Å². The van der Waals surface area contributed by atoms with E-state index in [1.165, 1.54) is 5.39 Å². The number of fused-ring (bicyclic) bond motifs is 1. The van der Waals surface area contributed by atoms with Crippen LogP contribution in [0.25, 0.3) is 11.0 Å². The number of hydrogen-bond donors (Lipinski definition) is 0. The molecule has 4 heteroatoms. The molecule has 2 heterocycles. The smallest absolute Gasteiger partial charge is 0.149 e. The lowest BCUT2D eigenvalue weighted by molar-refractivity contribution is 0.977. The lowest BCUT2D eigenvalue weighted by atomic mass is 10.3. The molecule has 2 nitrogen and oxygen atoms in total. The van der Waals surface area contributed by atoms with Crippen LogP contribution >= 0.6 is 26.1 Å². The summed E-state index contributed by atoms with van der Waals surface area (Å²) in [6, 6.07) is 4.17. The van der Waals surface area contributed by atoms with E-state index >= 15 is 0 Å². The maximum Gasteiger partial charge on any atom is 0.149 e. The Bertz CT molecular complexity index is 553. The van der Waals surface area contributed by atoms with Crippen molar-refractivity contribution in [1.29, 1.82) is 0 Å². The van der Waals surface area contributed by atoms with Crippen LogP contribution in [0, 0.1) is 0 Å². The fourth-order valence-corrected chi connectivity index (χ4v) is 5.56. The van der Waals surface area contributed by atoms with Crippen LogP contribution in [0.3, 0.4) is 0 Å². The predicted molar refractivity (Wildman–Crippen MR) is 98.0 cm³/mol. The minimum atomic E-state index is -0.918. The molecule has 0 aliphatic carbocycles. The van der Waals surface area contributed by atoms with E-state index in [9.17, 15) is 0 Å². The molecule has 0 saturated carbocycles. The maximum absolute atomic E-state index is 4.59. The Morgan fingerprint density at radius 2 is 1.65 bits per heavy atom. The van der Waals surface area contributed by atoms with Crippen LogP contribution in [-0.2, 0) is 0 Å². The molecule has 0 saturated heterocycles. The summed E-state index contributed by atoms with van der Waals surface area (Å²) in [7, 11) is -0.918. The summed E-state index contributed by atoms with van der Waals surface area (Å²) in [6.07, 6.45) is 6.49. The Balaban J connectivity index is 0.000000956. The van der Waals surface area contributed by atoms with E-state index in [0.717, 1.165) is 10.1 Å². The largest absolute Gasteiger partial charge is 0.294 e. The van der Waals surface area contributed by atoms with Crippen LogP contribution in [0.15, 0.2) is 29.0 Å². The van der Waals surface area contributed by atoms with Gasteiger partial charge in [-0.3, -0.25) is 3.97 Å². The second-order valence-corrected chi connectivity index (χ2v) is 10.4. The molecule has 114 valence electrons. The molecule has 2 rings (SSSR count). The Morgan fingerprint density at radius 3 is 2.15 bits per heavy atom. The molecular weight excluding hydrogens is 332 g/mol. The zero-order valence-electron chi connectivity index (χ0n) is 13.6. The van der Waals surface area contributed by atoms with Gasteiger partial charge in [-0.25, -0.2) is 4.98 Å². The number of halogens is 1. The van der Waals surface area contributed by atoms with Gasteiger partial charge >= 0.3 is 0 Å². The number of hydrogen-bond acceptors (Lipinski definition) is 1. The van der Waals surface area contributed by atoms with Crippen molar-refractivity contribution in [3.8, 4) is 0 Å². The van der Waals surface area contributed by atoms with Crippen LogP contribution in [0.2, 0.25) is 0 Å². The summed E-state index contributed by atoms with van der Waals surface area (Å²) in [5.74, 6) is 0. The summed E-state index contributed by atoms with van der Waals surface area (Å²) in [5, 5.41) is 2.47. The number of pyridine rings is 1. The van der Waals surface area contributed by atoms with E-state index in [0.29, 0.717) is 10.5 Å². The molecule has 0 unspecified atom stereocenters. The zero-order valence-corrected chi connectivity index (χ0v) is 16.0. The summed E-state index contributed by atoms with van der Waals surface area (Å²) in [6.45, 7) is 13.3. The van der Waals surface area contributed by atoms with Crippen LogP contribution in [0.4, 0.5) is 0 Å². The van der Waals surface area contributed by atoms with Crippen molar-refractivity contribution in [1.82, 2.24) is 8.96 Å².